The van der Waals surface area contributed by atoms with E-state index in [2.05, 4.69) is 5.32 Å². The van der Waals surface area contributed by atoms with Gasteiger partial charge in [0.2, 0.25) is 5.12 Å². The summed E-state index contributed by atoms with van der Waals surface area (Å²) in [6.07, 6.45) is -1.38. The van der Waals surface area contributed by atoms with E-state index in [0.717, 1.165) is 16.7 Å². The van der Waals surface area contributed by atoms with Crippen molar-refractivity contribution >= 4 is 22.8 Å². The number of amides is 1. The van der Waals surface area contributed by atoms with Gasteiger partial charge in [-0.1, -0.05) is 66.7 Å². The summed E-state index contributed by atoms with van der Waals surface area (Å²) in [6.45, 7) is 0. The standard InChI is InChI=1S/C22H19NO3S/c24-20(22(26)27-18-14-8-3-9-15-18)19(16-10-4-1-5-11-16)23-21(25)17-12-6-2-7-13-17/h1-15,19-20,24H,(H,23,25)/t19-,20-/m0/s1. The molecule has 136 valence electrons. The Labute approximate surface area is 162 Å². The van der Waals surface area contributed by atoms with Crippen molar-refractivity contribution in [3.8, 4) is 0 Å². The van der Waals surface area contributed by atoms with E-state index in [9.17, 15) is 14.7 Å². The van der Waals surface area contributed by atoms with E-state index in [4.69, 9.17) is 0 Å². The number of aliphatic hydroxyl groups is 1. The number of thioether (sulfide) groups is 1. The van der Waals surface area contributed by atoms with Gasteiger partial charge in [0.25, 0.3) is 5.91 Å². The van der Waals surface area contributed by atoms with Gasteiger partial charge in [0.15, 0.2) is 0 Å². The van der Waals surface area contributed by atoms with Gasteiger partial charge in [-0.2, -0.15) is 0 Å². The van der Waals surface area contributed by atoms with Crippen LogP contribution in [0.5, 0.6) is 0 Å². The third-order valence-corrected chi connectivity index (χ3v) is 4.95. The Balaban J connectivity index is 1.81. The predicted octanol–water partition coefficient (Wildman–Crippen LogP) is 3.84. The molecule has 0 fully saturated rings. The first-order valence-corrected chi connectivity index (χ1v) is 9.32. The second-order valence-corrected chi connectivity index (χ2v) is 6.98. The molecule has 1 amide bonds. The Morgan fingerprint density at radius 1 is 0.778 bits per heavy atom. The fourth-order valence-electron chi connectivity index (χ4n) is 2.62. The SMILES string of the molecule is O=C(N[C@@H](c1ccccc1)[C@H](O)C(=O)Sc1ccccc1)c1ccccc1. The Bertz CT molecular complexity index is 885. The Morgan fingerprint density at radius 3 is 1.89 bits per heavy atom. The molecule has 2 atom stereocenters. The van der Waals surface area contributed by atoms with Crippen LogP contribution in [0.2, 0.25) is 0 Å². The average Bonchev–Trinajstić information content (AvgIpc) is 2.73. The van der Waals surface area contributed by atoms with Gasteiger partial charge in [-0.25, -0.2) is 0 Å². The second kappa shape index (κ2) is 9.16. The van der Waals surface area contributed by atoms with Crippen LogP contribution >= 0.6 is 11.8 Å². The van der Waals surface area contributed by atoms with E-state index in [1.54, 1.807) is 60.7 Å². The number of rotatable bonds is 6. The van der Waals surface area contributed by atoms with Crippen LogP contribution in [-0.4, -0.2) is 22.2 Å². The molecule has 0 radical (unpaired) electrons. The van der Waals surface area contributed by atoms with Crippen LogP contribution in [0.3, 0.4) is 0 Å². The zero-order valence-electron chi connectivity index (χ0n) is 14.5. The molecule has 5 heteroatoms. The van der Waals surface area contributed by atoms with Crippen molar-refractivity contribution in [1.82, 2.24) is 5.32 Å². The molecule has 0 spiro atoms. The van der Waals surface area contributed by atoms with Crippen LogP contribution in [0.4, 0.5) is 0 Å². The average molecular weight is 377 g/mol. The summed E-state index contributed by atoms with van der Waals surface area (Å²) in [7, 11) is 0. The van der Waals surface area contributed by atoms with E-state index in [1.807, 2.05) is 30.3 Å². The molecule has 0 saturated heterocycles. The first kappa shape index (κ1) is 18.9. The molecule has 2 N–H and O–H groups in total. The zero-order valence-corrected chi connectivity index (χ0v) is 15.3. The number of benzene rings is 3. The van der Waals surface area contributed by atoms with Crippen LogP contribution in [0.25, 0.3) is 0 Å². The molecular weight excluding hydrogens is 358 g/mol. The quantitative estimate of drug-likeness (QED) is 0.641. The molecule has 27 heavy (non-hydrogen) atoms. The lowest BCUT2D eigenvalue weighted by Gasteiger charge is -2.23. The van der Waals surface area contributed by atoms with Crippen LogP contribution in [0.15, 0.2) is 95.9 Å². The van der Waals surface area contributed by atoms with Crippen molar-refractivity contribution in [2.24, 2.45) is 0 Å². The summed E-state index contributed by atoms with van der Waals surface area (Å²) in [5.74, 6) is -0.346. The number of carbonyl (C=O) groups excluding carboxylic acids is 2. The van der Waals surface area contributed by atoms with Gasteiger partial charge in [0, 0.05) is 10.5 Å². The van der Waals surface area contributed by atoms with Crippen LogP contribution in [-0.2, 0) is 4.79 Å². The van der Waals surface area contributed by atoms with Gasteiger partial charge >= 0.3 is 0 Å². The summed E-state index contributed by atoms with van der Waals surface area (Å²) in [5, 5.41) is 13.1. The molecular formula is C22H19NO3S. The minimum Gasteiger partial charge on any atom is -0.382 e. The third-order valence-electron chi connectivity index (χ3n) is 4.00. The molecule has 0 aliphatic carbocycles. The van der Waals surface area contributed by atoms with Crippen molar-refractivity contribution in [2.75, 3.05) is 0 Å². The number of nitrogens with one attached hydrogen (secondary N) is 1. The van der Waals surface area contributed by atoms with Crippen molar-refractivity contribution < 1.29 is 14.7 Å². The molecule has 0 aliphatic heterocycles. The monoisotopic (exact) mass is 377 g/mol. The molecule has 0 aliphatic rings. The lowest BCUT2D eigenvalue weighted by atomic mass is 10.0. The smallest absolute Gasteiger partial charge is 0.251 e. The van der Waals surface area contributed by atoms with Crippen LogP contribution in [0.1, 0.15) is 22.0 Å². The minimum absolute atomic E-state index is 0.346. The maximum Gasteiger partial charge on any atom is 0.251 e. The highest BCUT2D eigenvalue weighted by atomic mass is 32.2. The summed E-state index contributed by atoms with van der Waals surface area (Å²) in [4.78, 5) is 25.9. The van der Waals surface area contributed by atoms with Gasteiger partial charge < -0.3 is 10.4 Å². The van der Waals surface area contributed by atoms with Gasteiger partial charge in [-0.05, 0) is 41.6 Å². The van der Waals surface area contributed by atoms with Crippen LogP contribution < -0.4 is 5.32 Å². The van der Waals surface area contributed by atoms with Gasteiger partial charge in [0.1, 0.15) is 6.10 Å². The summed E-state index contributed by atoms with van der Waals surface area (Å²) < 4.78 is 0. The number of aliphatic hydroxyl groups excluding tert-OH is 1. The second-order valence-electron chi connectivity index (χ2n) is 5.91. The zero-order chi connectivity index (χ0) is 19.1. The molecule has 0 unspecified atom stereocenters. The molecule has 0 bridgehead atoms. The Hall–Kier alpha value is -2.89. The molecule has 3 aromatic rings. The molecule has 0 saturated carbocycles. The van der Waals surface area contributed by atoms with E-state index in [1.165, 1.54) is 0 Å². The van der Waals surface area contributed by atoms with E-state index < -0.39 is 17.3 Å². The lowest BCUT2D eigenvalue weighted by Crippen LogP contribution is -2.39. The molecule has 3 aromatic carbocycles. The van der Waals surface area contributed by atoms with E-state index in [-0.39, 0.29) is 5.91 Å². The fourth-order valence-corrected chi connectivity index (χ4v) is 3.40. The van der Waals surface area contributed by atoms with Crippen molar-refractivity contribution in [2.45, 2.75) is 17.0 Å². The number of carbonyl (C=O) groups is 2. The summed E-state index contributed by atoms with van der Waals surface area (Å²) in [6, 6.07) is 26.0. The molecule has 3 rings (SSSR count). The Kier molecular flexibility index (Phi) is 6.41. The number of hydrogen-bond donors (Lipinski definition) is 2. The maximum absolute atomic E-state index is 12.6. The fraction of sp³-hybridized carbons (Fsp3) is 0.0909. The van der Waals surface area contributed by atoms with Gasteiger partial charge in [-0.3, -0.25) is 9.59 Å². The largest absolute Gasteiger partial charge is 0.382 e. The topological polar surface area (TPSA) is 66.4 Å². The molecule has 0 heterocycles. The maximum atomic E-state index is 12.6. The predicted molar refractivity (Wildman–Crippen MR) is 106 cm³/mol. The minimum atomic E-state index is -1.38. The first-order chi connectivity index (χ1) is 13.1. The van der Waals surface area contributed by atoms with E-state index >= 15 is 0 Å². The van der Waals surface area contributed by atoms with Crippen LogP contribution in [0, 0.1) is 0 Å². The highest BCUT2D eigenvalue weighted by molar-refractivity contribution is 8.13. The first-order valence-electron chi connectivity index (χ1n) is 8.51. The Morgan fingerprint density at radius 2 is 1.30 bits per heavy atom. The molecule has 4 nitrogen and oxygen atoms in total. The van der Waals surface area contributed by atoms with Crippen molar-refractivity contribution in [3.05, 3.63) is 102 Å². The van der Waals surface area contributed by atoms with Crippen molar-refractivity contribution in [3.63, 3.8) is 0 Å². The summed E-state index contributed by atoms with van der Waals surface area (Å²) >= 11 is 0.957. The van der Waals surface area contributed by atoms with Crippen molar-refractivity contribution in [1.29, 1.82) is 0 Å². The van der Waals surface area contributed by atoms with Gasteiger partial charge in [0.05, 0.1) is 6.04 Å². The van der Waals surface area contributed by atoms with E-state index in [0.29, 0.717) is 11.1 Å². The third kappa shape index (κ3) is 5.06. The normalized spacial score (nSPS) is 12.8. The highest BCUT2D eigenvalue weighted by Gasteiger charge is 2.29. The number of hydrogen-bond acceptors (Lipinski definition) is 4. The lowest BCUT2D eigenvalue weighted by molar-refractivity contribution is -0.119. The highest BCUT2D eigenvalue weighted by Crippen LogP contribution is 2.26. The molecule has 0 aromatic heterocycles. The summed E-state index contributed by atoms with van der Waals surface area (Å²) in [5.41, 5.74) is 1.13. The van der Waals surface area contributed by atoms with Gasteiger partial charge in [-0.15, -0.1) is 0 Å².